The van der Waals surface area contributed by atoms with Crippen LogP contribution in [0.1, 0.15) is 11.1 Å². The molecule has 29 heavy (non-hydrogen) atoms. The summed E-state index contributed by atoms with van der Waals surface area (Å²) in [5, 5.41) is 2.51. The van der Waals surface area contributed by atoms with E-state index in [9.17, 15) is 22.8 Å². The number of hydrogen-bond donors (Lipinski definition) is 1. The van der Waals surface area contributed by atoms with Gasteiger partial charge < -0.3 is 19.5 Å². The fourth-order valence-corrected chi connectivity index (χ4v) is 2.24. The van der Waals surface area contributed by atoms with Gasteiger partial charge in [0.1, 0.15) is 5.82 Å². The van der Waals surface area contributed by atoms with Crippen molar-refractivity contribution < 1.29 is 37.0 Å². The van der Waals surface area contributed by atoms with Crippen LogP contribution in [0, 0.1) is 5.82 Å². The highest BCUT2D eigenvalue weighted by molar-refractivity contribution is 5.89. The van der Waals surface area contributed by atoms with Crippen LogP contribution in [0.4, 0.5) is 13.2 Å². The fraction of sp³-hybridized carbons (Fsp3) is 0.200. The Morgan fingerprint density at radius 2 is 1.86 bits per heavy atom. The van der Waals surface area contributed by atoms with Crippen molar-refractivity contribution in [2.75, 3.05) is 13.7 Å². The van der Waals surface area contributed by atoms with Crippen LogP contribution >= 0.6 is 0 Å². The Kier molecular flexibility index (Phi) is 8.08. The smallest absolute Gasteiger partial charge is 0.387 e. The van der Waals surface area contributed by atoms with Crippen molar-refractivity contribution in [2.24, 2.45) is 0 Å². The van der Waals surface area contributed by atoms with Crippen LogP contribution in [0.3, 0.4) is 0 Å². The van der Waals surface area contributed by atoms with E-state index >= 15 is 0 Å². The average Bonchev–Trinajstić information content (AvgIpc) is 2.70. The van der Waals surface area contributed by atoms with Gasteiger partial charge in [-0.25, -0.2) is 9.18 Å². The Bertz CT molecular complexity index is 869. The lowest BCUT2D eigenvalue weighted by atomic mass is 10.1. The topological polar surface area (TPSA) is 73.9 Å². The number of hydrogen-bond acceptors (Lipinski definition) is 5. The highest BCUT2D eigenvalue weighted by atomic mass is 19.3. The van der Waals surface area contributed by atoms with Gasteiger partial charge in [0, 0.05) is 18.2 Å². The third kappa shape index (κ3) is 7.21. The number of rotatable bonds is 9. The predicted octanol–water partition coefficient (Wildman–Crippen LogP) is 3.31. The molecule has 2 aromatic rings. The van der Waals surface area contributed by atoms with Gasteiger partial charge in [0.25, 0.3) is 5.91 Å². The summed E-state index contributed by atoms with van der Waals surface area (Å²) in [6.45, 7) is -3.47. The number of methoxy groups -OCH3 is 1. The quantitative estimate of drug-likeness (QED) is 0.508. The number of alkyl halides is 2. The summed E-state index contributed by atoms with van der Waals surface area (Å²) in [4.78, 5) is 23.5. The summed E-state index contributed by atoms with van der Waals surface area (Å²) < 4.78 is 52.2. The van der Waals surface area contributed by atoms with Gasteiger partial charge in [-0.2, -0.15) is 8.78 Å². The van der Waals surface area contributed by atoms with Crippen molar-refractivity contribution in [3.8, 4) is 11.5 Å². The van der Waals surface area contributed by atoms with Crippen molar-refractivity contribution >= 4 is 18.0 Å². The molecule has 2 aromatic carbocycles. The first-order valence-electron chi connectivity index (χ1n) is 8.37. The monoisotopic (exact) mass is 409 g/mol. The molecule has 6 nitrogen and oxygen atoms in total. The second-order valence-corrected chi connectivity index (χ2v) is 5.60. The van der Waals surface area contributed by atoms with E-state index in [-0.39, 0.29) is 29.4 Å². The first-order valence-corrected chi connectivity index (χ1v) is 8.37. The third-order valence-corrected chi connectivity index (χ3v) is 3.58. The zero-order valence-corrected chi connectivity index (χ0v) is 15.4. The molecule has 0 aliphatic rings. The molecule has 1 amide bonds. The first-order chi connectivity index (χ1) is 13.9. The number of para-hydroxylation sites is 1. The van der Waals surface area contributed by atoms with E-state index < -0.39 is 25.1 Å². The summed E-state index contributed by atoms with van der Waals surface area (Å²) in [5.74, 6) is -1.96. The second-order valence-electron chi connectivity index (χ2n) is 5.60. The van der Waals surface area contributed by atoms with Gasteiger partial charge in [-0.05, 0) is 29.8 Å². The predicted molar refractivity (Wildman–Crippen MR) is 97.9 cm³/mol. The number of nitrogens with one attached hydrogen (secondary N) is 1. The standard InChI is InChI=1S/C20H18F3NO5/c1-27-16-4-2-3-14(19(16)29-20(22)23)7-10-18(26)28-12-17(25)24-11-13-5-8-15(21)9-6-13/h2-10,20H,11-12H2,1H3,(H,24,25)/b10-7+. The maximum Gasteiger partial charge on any atom is 0.387 e. The number of ether oxygens (including phenoxy) is 3. The molecule has 154 valence electrons. The van der Waals surface area contributed by atoms with E-state index in [0.717, 1.165) is 6.08 Å². The second kappa shape index (κ2) is 10.7. The maximum absolute atomic E-state index is 12.8. The Morgan fingerprint density at radius 1 is 1.14 bits per heavy atom. The van der Waals surface area contributed by atoms with Gasteiger partial charge in [0.15, 0.2) is 18.1 Å². The number of halogens is 3. The summed E-state index contributed by atoms with van der Waals surface area (Å²) in [6.07, 6.45) is 2.18. The molecule has 1 N–H and O–H groups in total. The summed E-state index contributed by atoms with van der Waals surface area (Å²) in [6, 6.07) is 9.95. The van der Waals surface area contributed by atoms with Gasteiger partial charge in [0.05, 0.1) is 7.11 Å². The molecule has 9 heteroatoms. The van der Waals surface area contributed by atoms with E-state index in [2.05, 4.69) is 10.1 Å². The SMILES string of the molecule is COc1cccc(/C=C/C(=O)OCC(=O)NCc2ccc(F)cc2)c1OC(F)F. The Labute approximate surface area is 164 Å². The summed E-state index contributed by atoms with van der Waals surface area (Å²) in [7, 11) is 1.29. The van der Waals surface area contributed by atoms with E-state index in [1.54, 1.807) is 0 Å². The molecule has 2 rings (SSSR count). The maximum atomic E-state index is 12.8. The van der Waals surface area contributed by atoms with Gasteiger partial charge in [-0.1, -0.05) is 24.3 Å². The highest BCUT2D eigenvalue weighted by Gasteiger charge is 2.14. The van der Waals surface area contributed by atoms with E-state index in [0.29, 0.717) is 5.56 Å². The zero-order chi connectivity index (χ0) is 21.2. The lowest BCUT2D eigenvalue weighted by Crippen LogP contribution is -2.28. The molecule has 0 bridgehead atoms. The average molecular weight is 409 g/mol. The minimum atomic E-state index is -3.07. The molecule has 0 saturated heterocycles. The van der Waals surface area contributed by atoms with Crippen molar-refractivity contribution in [1.82, 2.24) is 5.32 Å². The van der Waals surface area contributed by atoms with Gasteiger partial charge in [-0.15, -0.1) is 0 Å². The summed E-state index contributed by atoms with van der Waals surface area (Å²) in [5.41, 5.74) is 0.845. The van der Waals surface area contributed by atoms with Crippen molar-refractivity contribution in [3.05, 3.63) is 65.5 Å². The Morgan fingerprint density at radius 3 is 2.52 bits per heavy atom. The number of amides is 1. The minimum absolute atomic E-state index is 0.0704. The van der Waals surface area contributed by atoms with Crippen LogP contribution in [-0.4, -0.2) is 32.2 Å². The Hall–Kier alpha value is -3.49. The van der Waals surface area contributed by atoms with Gasteiger partial charge in [0.2, 0.25) is 0 Å². The van der Waals surface area contributed by atoms with E-state index in [1.807, 2.05) is 0 Å². The fourth-order valence-electron chi connectivity index (χ4n) is 2.24. The van der Waals surface area contributed by atoms with Crippen LogP contribution in [-0.2, 0) is 20.9 Å². The van der Waals surface area contributed by atoms with Gasteiger partial charge >= 0.3 is 12.6 Å². The van der Waals surface area contributed by atoms with Crippen LogP contribution in [0.5, 0.6) is 11.5 Å². The molecular formula is C20H18F3NO5. The van der Waals surface area contributed by atoms with Crippen LogP contribution in [0.25, 0.3) is 6.08 Å². The van der Waals surface area contributed by atoms with Crippen molar-refractivity contribution in [1.29, 1.82) is 0 Å². The summed E-state index contributed by atoms with van der Waals surface area (Å²) >= 11 is 0. The molecule has 0 saturated carbocycles. The van der Waals surface area contributed by atoms with Crippen LogP contribution in [0.2, 0.25) is 0 Å². The number of benzene rings is 2. The molecule has 0 aliphatic heterocycles. The minimum Gasteiger partial charge on any atom is -0.493 e. The molecule has 0 aromatic heterocycles. The molecule has 0 unspecified atom stereocenters. The number of esters is 1. The zero-order valence-electron chi connectivity index (χ0n) is 15.4. The molecule has 0 radical (unpaired) electrons. The largest absolute Gasteiger partial charge is 0.493 e. The van der Waals surface area contributed by atoms with Crippen molar-refractivity contribution in [2.45, 2.75) is 13.2 Å². The van der Waals surface area contributed by atoms with E-state index in [1.165, 1.54) is 55.7 Å². The highest BCUT2D eigenvalue weighted by Crippen LogP contribution is 2.33. The normalized spacial score (nSPS) is 10.8. The molecule has 0 heterocycles. The Balaban J connectivity index is 1.87. The molecular weight excluding hydrogens is 391 g/mol. The van der Waals surface area contributed by atoms with E-state index in [4.69, 9.17) is 9.47 Å². The number of carbonyl (C=O) groups excluding carboxylic acids is 2. The lowest BCUT2D eigenvalue weighted by molar-refractivity contribution is -0.143. The first kappa shape index (κ1) is 21.8. The number of carbonyl (C=O) groups is 2. The lowest BCUT2D eigenvalue weighted by Gasteiger charge is -2.12. The van der Waals surface area contributed by atoms with Crippen LogP contribution < -0.4 is 14.8 Å². The molecule has 0 aliphatic carbocycles. The molecule has 0 fully saturated rings. The third-order valence-electron chi connectivity index (χ3n) is 3.58. The van der Waals surface area contributed by atoms with Crippen molar-refractivity contribution in [3.63, 3.8) is 0 Å². The molecule has 0 spiro atoms. The van der Waals surface area contributed by atoms with Crippen LogP contribution in [0.15, 0.2) is 48.5 Å². The molecule has 0 atom stereocenters. The van der Waals surface area contributed by atoms with Gasteiger partial charge in [-0.3, -0.25) is 4.79 Å².